The van der Waals surface area contributed by atoms with Crippen molar-refractivity contribution in [3.8, 4) is 0 Å². The Hall–Kier alpha value is -1.54. The summed E-state index contributed by atoms with van der Waals surface area (Å²) in [6.45, 7) is 4.71. The summed E-state index contributed by atoms with van der Waals surface area (Å²) >= 11 is 0. The third-order valence-corrected chi connectivity index (χ3v) is 10.6. The van der Waals surface area contributed by atoms with Crippen molar-refractivity contribution in [1.29, 1.82) is 0 Å². The van der Waals surface area contributed by atoms with E-state index in [-0.39, 0.29) is 25.5 Å². The van der Waals surface area contributed by atoms with Gasteiger partial charge in [0.1, 0.15) is 13.2 Å². The van der Waals surface area contributed by atoms with Gasteiger partial charge in [0.2, 0.25) is 5.91 Å². The number of unbranched alkanes of at least 4 members (excludes halogenated alkanes) is 18. The summed E-state index contributed by atoms with van der Waals surface area (Å²) in [6.07, 6.45) is 45.9. The highest BCUT2D eigenvalue weighted by Crippen LogP contribution is 2.43. The fraction of sp³-hybridized carbons (Fsp3) is 0.800. The van der Waals surface area contributed by atoms with Gasteiger partial charge in [-0.15, -0.1) is 0 Å². The Kier molecular flexibility index (Phi) is 36.0. The van der Waals surface area contributed by atoms with Crippen molar-refractivity contribution in [2.24, 2.45) is 0 Å². The third-order valence-electron chi connectivity index (χ3n) is 9.60. The lowest BCUT2D eigenvalue weighted by atomic mass is 10.0. The molecule has 54 heavy (non-hydrogen) atoms. The van der Waals surface area contributed by atoms with E-state index in [1.165, 1.54) is 103 Å². The first-order valence-electron chi connectivity index (χ1n) is 22.0. The average Bonchev–Trinajstić information content (AvgIpc) is 3.12. The molecule has 1 amide bonds. The molecule has 3 unspecified atom stereocenters. The van der Waals surface area contributed by atoms with Crippen LogP contribution < -0.4 is 5.32 Å². The lowest BCUT2D eigenvalue weighted by Crippen LogP contribution is -2.46. The first-order valence-corrected chi connectivity index (χ1v) is 23.5. The second kappa shape index (κ2) is 37.1. The number of aliphatic hydroxyl groups is 1. The molecule has 9 heteroatoms. The Bertz CT molecular complexity index is 1020. The van der Waals surface area contributed by atoms with Gasteiger partial charge < -0.3 is 19.8 Å². The number of phosphoric ester groups is 1. The number of likely N-dealkylation sites (N-methyl/N-ethyl adjacent to an activating group) is 1. The molecule has 0 heterocycles. The largest absolute Gasteiger partial charge is 0.472 e. The van der Waals surface area contributed by atoms with Crippen LogP contribution in [0, 0.1) is 0 Å². The standard InChI is InChI=1S/C45H85N2O6P/c1-6-8-10-12-14-16-18-20-21-22-23-24-25-27-28-30-32-34-36-38-44(48)43(42-53-54(50,51)52-41-40-47(3,4)5)46-45(49)39-37-35-33-31-29-26-19-17-15-13-11-9-7-2/h9,11,15,17,26,29,33,35,43-44,48H,6-8,10,12-14,16,18-25,27-28,30-32,34,36-42H2,1-5H3,(H-,46,49,50,51)/p+1/b11-9-,17-15-,29-26-,35-33-. The van der Waals surface area contributed by atoms with Gasteiger partial charge in [0.05, 0.1) is 39.9 Å². The lowest BCUT2D eigenvalue weighted by molar-refractivity contribution is -0.870. The van der Waals surface area contributed by atoms with Crippen LogP contribution in [0.5, 0.6) is 0 Å². The Morgan fingerprint density at radius 2 is 1.07 bits per heavy atom. The topological polar surface area (TPSA) is 105 Å². The Morgan fingerprint density at radius 1 is 0.648 bits per heavy atom. The molecular weight excluding hydrogens is 695 g/mol. The highest BCUT2D eigenvalue weighted by Gasteiger charge is 2.28. The minimum Gasteiger partial charge on any atom is -0.391 e. The summed E-state index contributed by atoms with van der Waals surface area (Å²) in [4.78, 5) is 23.1. The van der Waals surface area contributed by atoms with Crippen LogP contribution in [-0.2, 0) is 18.4 Å². The number of allylic oxidation sites excluding steroid dienone is 8. The van der Waals surface area contributed by atoms with E-state index in [1.807, 2.05) is 33.3 Å². The fourth-order valence-corrected chi connectivity index (χ4v) is 6.85. The van der Waals surface area contributed by atoms with Gasteiger partial charge in [0, 0.05) is 6.42 Å². The molecule has 0 aliphatic heterocycles. The number of hydrogen-bond donors (Lipinski definition) is 3. The number of nitrogens with zero attached hydrogens (tertiary/aromatic N) is 1. The molecule has 0 bridgehead atoms. The molecule has 3 atom stereocenters. The summed E-state index contributed by atoms with van der Waals surface area (Å²) in [5, 5.41) is 13.9. The summed E-state index contributed by atoms with van der Waals surface area (Å²) < 4.78 is 23.6. The van der Waals surface area contributed by atoms with Gasteiger partial charge in [0.25, 0.3) is 0 Å². The number of carbonyl (C=O) groups is 1. The van der Waals surface area contributed by atoms with Crippen molar-refractivity contribution < 1.29 is 32.9 Å². The van der Waals surface area contributed by atoms with Crippen LogP contribution in [-0.4, -0.2) is 73.4 Å². The van der Waals surface area contributed by atoms with Crippen molar-refractivity contribution in [3.05, 3.63) is 48.6 Å². The normalized spacial score (nSPS) is 14.9. The monoisotopic (exact) mass is 782 g/mol. The molecule has 8 nitrogen and oxygen atoms in total. The minimum absolute atomic E-state index is 0.0606. The number of hydrogen-bond acceptors (Lipinski definition) is 5. The van der Waals surface area contributed by atoms with E-state index in [2.05, 4.69) is 55.6 Å². The first-order chi connectivity index (χ1) is 26.0. The van der Waals surface area contributed by atoms with Crippen LogP contribution in [0.1, 0.15) is 181 Å². The number of phosphoric acid groups is 1. The van der Waals surface area contributed by atoms with Gasteiger partial charge in [-0.3, -0.25) is 13.8 Å². The van der Waals surface area contributed by atoms with Gasteiger partial charge in [-0.1, -0.05) is 184 Å². The van der Waals surface area contributed by atoms with Crippen LogP contribution >= 0.6 is 7.82 Å². The van der Waals surface area contributed by atoms with Crippen molar-refractivity contribution in [1.82, 2.24) is 5.32 Å². The number of nitrogens with one attached hydrogen (secondary N) is 1. The fourth-order valence-electron chi connectivity index (χ4n) is 6.11. The Morgan fingerprint density at radius 3 is 1.52 bits per heavy atom. The van der Waals surface area contributed by atoms with Gasteiger partial charge in [-0.25, -0.2) is 4.57 Å². The van der Waals surface area contributed by atoms with Crippen LogP contribution in [0.4, 0.5) is 0 Å². The number of rotatable bonds is 39. The number of carbonyl (C=O) groups excluding carboxylic acids is 1. The first kappa shape index (κ1) is 52.5. The highest BCUT2D eigenvalue weighted by atomic mass is 31.2. The van der Waals surface area contributed by atoms with Gasteiger partial charge >= 0.3 is 7.82 Å². The second-order valence-electron chi connectivity index (χ2n) is 16.0. The van der Waals surface area contributed by atoms with Crippen LogP contribution in [0.25, 0.3) is 0 Å². The van der Waals surface area contributed by atoms with Gasteiger partial charge in [0.15, 0.2) is 0 Å². The van der Waals surface area contributed by atoms with E-state index in [0.717, 1.165) is 44.9 Å². The lowest BCUT2D eigenvalue weighted by Gasteiger charge is -2.26. The Balaban J connectivity index is 4.42. The maximum Gasteiger partial charge on any atom is 0.472 e. The van der Waals surface area contributed by atoms with E-state index in [4.69, 9.17) is 9.05 Å². The molecule has 0 radical (unpaired) electrons. The molecule has 0 aromatic heterocycles. The van der Waals surface area contributed by atoms with Gasteiger partial charge in [-0.05, 0) is 38.5 Å². The molecule has 0 aromatic rings. The molecule has 3 N–H and O–H groups in total. The van der Waals surface area contributed by atoms with Crippen LogP contribution in [0.3, 0.4) is 0 Å². The molecule has 0 rings (SSSR count). The molecule has 0 aromatic carbocycles. The average molecular weight is 782 g/mol. The molecule has 0 aliphatic carbocycles. The zero-order valence-electron chi connectivity index (χ0n) is 35.7. The number of amides is 1. The smallest absolute Gasteiger partial charge is 0.391 e. The summed E-state index contributed by atoms with van der Waals surface area (Å²) in [7, 11) is 1.57. The van der Waals surface area contributed by atoms with E-state index in [1.54, 1.807) is 0 Å². The van der Waals surface area contributed by atoms with E-state index >= 15 is 0 Å². The molecule has 0 fully saturated rings. The van der Waals surface area contributed by atoms with E-state index in [0.29, 0.717) is 23.9 Å². The molecule has 0 saturated carbocycles. The van der Waals surface area contributed by atoms with Crippen molar-refractivity contribution >= 4 is 13.7 Å². The van der Waals surface area contributed by atoms with Gasteiger partial charge in [-0.2, -0.15) is 0 Å². The quantitative estimate of drug-likeness (QED) is 0.0248. The predicted molar refractivity (Wildman–Crippen MR) is 231 cm³/mol. The van der Waals surface area contributed by atoms with E-state index in [9.17, 15) is 19.4 Å². The summed E-state index contributed by atoms with van der Waals surface area (Å²) in [6, 6.07) is -0.798. The highest BCUT2D eigenvalue weighted by molar-refractivity contribution is 7.47. The summed E-state index contributed by atoms with van der Waals surface area (Å²) in [5.41, 5.74) is 0. The second-order valence-corrected chi connectivity index (χ2v) is 17.5. The molecule has 0 spiro atoms. The Labute approximate surface area is 333 Å². The molecular formula is C45H86N2O6P+. The van der Waals surface area contributed by atoms with Crippen LogP contribution in [0.2, 0.25) is 0 Å². The molecule has 0 saturated heterocycles. The number of aliphatic hydroxyl groups excluding tert-OH is 1. The van der Waals surface area contributed by atoms with Crippen molar-refractivity contribution in [2.45, 2.75) is 193 Å². The zero-order valence-corrected chi connectivity index (χ0v) is 36.6. The van der Waals surface area contributed by atoms with Crippen molar-refractivity contribution in [3.63, 3.8) is 0 Å². The summed E-state index contributed by atoms with van der Waals surface area (Å²) in [5.74, 6) is -0.225. The molecule has 316 valence electrons. The minimum atomic E-state index is -4.33. The van der Waals surface area contributed by atoms with E-state index < -0.39 is 20.0 Å². The predicted octanol–water partition coefficient (Wildman–Crippen LogP) is 12.1. The number of quaternary nitrogens is 1. The zero-order chi connectivity index (χ0) is 40.0. The molecule has 0 aliphatic rings. The van der Waals surface area contributed by atoms with Crippen molar-refractivity contribution in [2.75, 3.05) is 40.9 Å². The third kappa shape index (κ3) is 38.7. The SMILES string of the molecule is CC/C=C\C/C=C\C/C=C\C/C=C\CCC(=O)NC(COP(=O)(O)OCC[N+](C)(C)C)C(O)CCCCCCCCCCCCCCCCCCCCC. The maximum absolute atomic E-state index is 12.8. The van der Waals surface area contributed by atoms with Crippen LogP contribution in [0.15, 0.2) is 48.6 Å². The maximum atomic E-state index is 12.8.